The number of aliphatic hydroxyl groups excluding tert-OH is 1. The quantitative estimate of drug-likeness (QED) is 0.674. The van der Waals surface area contributed by atoms with Gasteiger partial charge in [-0.15, -0.1) is 11.8 Å². The number of hydrogen-bond acceptors (Lipinski definition) is 6. The highest BCUT2D eigenvalue weighted by Gasteiger charge is 2.39. The van der Waals surface area contributed by atoms with Crippen LogP contribution in [-0.4, -0.2) is 60.5 Å². The molecule has 1 N–H and O–H groups in total. The van der Waals surface area contributed by atoms with Gasteiger partial charge in [0.05, 0.1) is 43.5 Å². The van der Waals surface area contributed by atoms with Crippen LogP contribution in [0, 0.1) is 0 Å². The average molecular weight is 365 g/mol. The lowest BCUT2D eigenvalue weighted by atomic mass is 10.1. The van der Waals surface area contributed by atoms with Crippen LogP contribution in [0.25, 0.3) is 5.57 Å². The molecular formula is C18H23NO5S. The molecule has 1 aliphatic rings. The number of hydrogen-bond donors (Lipinski definition) is 1. The van der Waals surface area contributed by atoms with Crippen LogP contribution in [0.3, 0.4) is 0 Å². The largest absolute Gasteiger partial charge is 0.496 e. The van der Waals surface area contributed by atoms with Crippen LogP contribution >= 0.6 is 11.8 Å². The second-order valence-electron chi connectivity index (χ2n) is 5.66. The van der Waals surface area contributed by atoms with Crippen LogP contribution in [-0.2, 0) is 14.3 Å². The summed E-state index contributed by atoms with van der Waals surface area (Å²) in [5.74, 6) is 0.156. The molecule has 0 spiro atoms. The van der Waals surface area contributed by atoms with Crippen LogP contribution in [0.2, 0.25) is 0 Å². The Hall–Kier alpha value is -1.83. The zero-order valence-corrected chi connectivity index (χ0v) is 15.5. The lowest BCUT2D eigenvalue weighted by molar-refractivity contribution is -0.137. The SMILES string of the molecule is COc1ccccc1C1=C(SCCO)C(=O)N(CCOC(C)C)C1=O. The number of ether oxygens (including phenoxy) is 2. The van der Waals surface area contributed by atoms with Gasteiger partial charge in [0.15, 0.2) is 0 Å². The molecule has 2 amide bonds. The molecule has 136 valence electrons. The van der Waals surface area contributed by atoms with Crippen molar-refractivity contribution in [3.63, 3.8) is 0 Å². The van der Waals surface area contributed by atoms with Gasteiger partial charge in [0.2, 0.25) is 0 Å². The number of amides is 2. The number of benzene rings is 1. The summed E-state index contributed by atoms with van der Waals surface area (Å²) < 4.78 is 10.8. The van der Waals surface area contributed by atoms with Crippen LogP contribution in [0.15, 0.2) is 29.2 Å². The first-order valence-electron chi connectivity index (χ1n) is 8.10. The number of carbonyl (C=O) groups is 2. The maximum atomic E-state index is 12.9. The molecule has 0 bridgehead atoms. The van der Waals surface area contributed by atoms with Crippen molar-refractivity contribution in [1.29, 1.82) is 0 Å². The number of methoxy groups -OCH3 is 1. The fraction of sp³-hybridized carbons (Fsp3) is 0.444. The Morgan fingerprint density at radius 1 is 1.20 bits per heavy atom. The van der Waals surface area contributed by atoms with E-state index in [9.17, 15) is 9.59 Å². The molecule has 2 rings (SSSR count). The van der Waals surface area contributed by atoms with E-state index in [1.165, 1.54) is 23.8 Å². The molecule has 0 saturated heterocycles. The van der Waals surface area contributed by atoms with E-state index in [4.69, 9.17) is 14.6 Å². The van der Waals surface area contributed by atoms with Crippen molar-refractivity contribution in [2.75, 3.05) is 32.6 Å². The first-order valence-corrected chi connectivity index (χ1v) is 9.09. The third-order valence-electron chi connectivity index (χ3n) is 3.61. The molecule has 0 fully saturated rings. The van der Waals surface area contributed by atoms with E-state index in [1.54, 1.807) is 24.3 Å². The number of nitrogens with zero attached hydrogens (tertiary/aromatic N) is 1. The van der Waals surface area contributed by atoms with E-state index in [1.807, 2.05) is 13.8 Å². The third kappa shape index (κ3) is 4.42. The van der Waals surface area contributed by atoms with Gasteiger partial charge in [-0.25, -0.2) is 0 Å². The van der Waals surface area contributed by atoms with Gasteiger partial charge in [-0.1, -0.05) is 18.2 Å². The van der Waals surface area contributed by atoms with Gasteiger partial charge in [-0.3, -0.25) is 14.5 Å². The molecule has 0 aliphatic carbocycles. The normalized spacial score (nSPS) is 14.8. The summed E-state index contributed by atoms with van der Waals surface area (Å²) in [4.78, 5) is 27.2. The summed E-state index contributed by atoms with van der Waals surface area (Å²) in [5, 5.41) is 9.11. The van der Waals surface area contributed by atoms with Crippen LogP contribution in [0.4, 0.5) is 0 Å². The molecule has 0 saturated carbocycles. The molecule has 0 atom stereocenters. The van der Waals surface area contributed by atoms with Gasteiger partial charge in [-0.05, 0) is 19.9 Å². The highest BCUT2D eigenvalue weighted by atomic mass is 32.2. The lowest BCUT2D eigenvalue weighted by Crippen LogP contribution is -2.35. The first kappa shape index (κ1) is 19.5. The first-order chi connectivity index (χ1) is 12.0. The molecule has 25 heavy (non-hydrogen) atoms. The Morgan fingerprint density at radius 3 is 2.56 bits per heavy atom. The summed E-state index contributed by atoms with van der Waals surface area (Å²) >= 11 is 1.18. The highest BCUT2D eigenvalue weighted by Crippen LogP contribution is 2.39. The van der Waals surface area contributed by atoms with Crippen molar-refractivity contribution in [3.05, 3.63) is 34.7 Å². The number of rotatable bonds is 9. The van der Waals surface area contributed by atoms with Crippen LogP contribution in [0.5, 0.6) is 5.75 Å². The Labute approximate surface area is 151 Å². The van der Waals surface area contributed by atoms with E-state index < -0.39 is 0 Å². The smallest absolute Gasteiger partial charge is 0.268 e. The Balaban J connectivity index is 2.35. The number of aliphatic hydroxyl groups is 1. The number of thioether (sulfide) groups is 1. The third-order valence-corrected chi connectivity index (χ3v) is 4.66. The zero-order valence-electron chi connectivity index (χ0n) is 14.7. The van der Waals surface area contributed by atoms with Crippen molar-refractivity contribution in [2.45, 2.75) is 20.0 Å². The molecule has 0 unspecified atom stereocenters. The zero-order chi connectivity index (χ0) is 18.4. The van der Waals surface area contributed by atoms with E-state index in [-0.39, 0.29) is 37.7 Å². The maximum Gasteiger partial charge on any atom is 0.268 e. The fourth-order valence-electron chi connectivity index (χ4n) is 2.51. The van der Waals surface area contributed by atoms with Crippen molar-refractivity contribution in [1.82, 2.24) is 4.90 Å². The minimum absolute atomic E-state index is 0.0256. The van der Waals surface area contributed by atoms with Gasteiger partial charge in [0.25, 0.3) is 11.8 Å². The monoisotopic (exact) mass is 365 g/mol. The standard InChI is InChI=1S/C18H23NO5S/c1-12(2)24-10-8-19-17(21)15(16(18(19)22)25-11-9-20)13-6-4-5-7-14(13)23-3/h4-7,12,20H,8-11H2,1-3H3. The molecule has 1 aromatic carbocycles. The Kier molecular flexibility index (Phi) is 7.04. The predicted molar refractivity (Wildman–Crippen MR) is 97.3 cm³/mol. The molecule has 1 heterocycles. The lowest BCUT2D eigenvalue weighted by Gasteiger charge is -2.16. The number of para-hydroxylation sites is 1. The van der Waals surface area contributed by atoms with Crippen LogP contribution in [0.1, 0.15) is 19.4 Å². The molecule has 1 aliphatic heterocycles. The minimum Gasteiger partial charge on any atom is -0.496 e. The Bertz CT molecular complexity index is 671. The summed E-state index contributed by atoms with van der Waals surface area (Å²) in [5.41, 5.74) is 0.904. The summed E-state index contributed by atoms with van der Waals surface area (Å²) in [6, 6.07) is 7.10. The van der Waals surface area contributed by atoms with E-state index >= 15 is 0 Å². The summed E-state index contributed by atoms with van der Waals surface area (Å²) in [6.07, 6.45) is 0.0256. The van der Waals surface area contributed by atoms with Gasteiger partial charge < -0.3 is 14.6 Å². The molecule has 1 aromatic rings. The van der Waals surface area contributed by atoms with Crippen LogP contribution < -0.4 is 4.74 Å². The predicted octanol–water partition coefficient (Wildman–Crippen LogP) is 1.93. The van der Waals surface area contributed by atoms with E-state index in [0.717, 1.165) is 0 Å². The molecule has 6 nitrogen and oxygen atoms in total. The van der Waals surface area contributed by atoms with Gasteiger partial charge in [0, 0.05) is 11.3 Å². The van der Waals surface area contributed by atoms with E-state index in [2.05, 4.69) is 0 Å². The van der Waals surface area contributed by atoms with Crippen molar-refractivity contribution in [2.24, 2.45) is 0 Å². The molecule has 7 heteroatoms. The number of imide groups is 1. The van der Waals surface area contributed by atoms with Crippen molar-refractivity contribution < 1.29 is 24.2 Å². The van der Waals surface area contributed by atoms with Crippen molar-refractivity contribution >= 4 is 29.1 Å². The topological polar surface area (TPSA) is 76.1 Å². The maximum absolute atomic E-state index is 12.9. The van der Waals surface area contributed by atoms with Gasteiger partial charge in [-0.2, -0.15) is 0 Å². The number of carbonyl (C=O) groups excluding carboxylic acids is 2. The molecular weight excluding hydrogens is 342 g/mol. The van der Waals surface area contributed by atoms with Crippen molar-refractivity contribution in [3.8, 4) is 5.75 Å². The average Bonchev–Trinajstić information content (AvgIpc) is 2.83. The van der Waals surface area contributed by atoms with Gasteiger partial charge >= 0.3 is 0 Å². The summed E-state index contributed by atoms with van der Waals surface area (Å²) in [7, 11) is 1.52. The molecule has 0 radical (unpaired) electrons. The minimum atomic E-state index is -0.359. The highest BCUT2D eigenvalue weighted by molar-refractivity contribution is 8.04. The Morgan fingerprint density at radius 2 is 1.92 bits per heavy atom. The second-order valence-corrected chi connectivity index (χ2v) is 6.76. The second kappa shape index (κ2) is 9.03. The van der Waals surface area contributed by atoms with Gasteiger partial charge in [0.1, 0.15) is 5.75 Å². The van der Waals surface area contributed by atoms with E-state index in [0.29, 0.717) is 27.5 Å². The molecule has 0 aromatic heterocycles. The fourth-order valence-corrected chi connectivity index (χ4v) is 3.38. The summed E-state index contributed by atoms with van der Waals surface area (Å²) in [6.45, 7) is 4.19.